The van der Waals surface area contributed by atoms with E-state index in [2.05, 4.69) is 15.0 Å². The maximum Gasteiger partial charge on any atom is 0.225 e. The zero-order valence-corrected chi connectivity index (χ0v) is 11.5. The van der Waals surface area contributed by atoms with Gasteiger partial charge in [-0.1, -0.05) is 18.2 Å². The summed E-state index contributed by atoms with van der Waals surface area (Å²) in [5.41, 5.74) is 2.84. The van der Waals surface area contributed by atoms with E-state index in [-0.39, 0.29) is 5.28 Å². The number of furan rings is 1. The van der Waals surface area contributed by atoms with Gasteiger partial charge in [0.05, 0.1) is 6.26 Å². The van der Waals surface area contributed by atoms with Crippen LogP contribution in [0, 0.1) is 0 Å². The first-order chi connectivity index (χ1) is 10.3. The van der Waals surface area contributed by atoms with Crippen LogP contribution in [0.5, 0.6) is 0 Å². The molecule has 4 rings (SSSR count). The highest BCUT2D eigenvalue weighted by Gasteiger charge is 2.16. The lowest BCUT2D eigenvalue weighted by Gasteiger charge is -2.04. The van der Waals surface area contributed by atoms with Crippen molar-refractivity contribution in [3.63, 3.8) is 0 Å². The van der Waals surface area contributed by atoms with Crippen LogP contribution in [0.25, 0.3) is 28.3 Å². The van der Waals surface area contributed by atoms with Gasteiger partial charge < -0.3 is 4.42 Å². The highest BCUT2D eigenvalue weighted by molar-refractivity contribution is 6.28. The molecule has 0 aliphatic heterocycles. The Morgan fingerprint density at radius 3 is 2.62 bits per heavy atom. The van der Waals surface area contributed by atoms with Crippen LogP contribution in [0.2, 0.25) is 5.28 Å². The predicted molar refractivity (Wildman–Crippen MR) is 79.4 cm³/mol. The van der Waals surface area contributed by atoms with Crippen LogP contribution in [0.4, 0.5) is 0 Å². The molecular weight excluding hydrogens is 288 g/mol. The third-order valence-electron chi connectivity index (χ3n) is 3.16. The van der Waals surface area contributed by atoms with Crippen molar-refractivity contribution in [2.24, 2.45) is 0 Å². The largest absolute Gasteiger partial charge is 0.463 e. The molecule has 0 saturated heterocycles. The van der Waals surface area contributed by atoms with E-state index in [0.717, 1.165) is 5.69 Å². The molecule has 4 aromatic rings. The highest BCUT2D eigenvalue weighted by Crippen LogP contribution is 2.27. The molecule has 0 unspecified atom stereocenters. The number of halogens is 1. The van der Waals surface area contributed by atoms with Crippen molar-refractivity contribution in [2.45, 2.75) is 0 Å². The van der Waals surface area contributed by atoms with Crippen LogP contribution in [-0.4, -0.2) is 19.5 Å². The van der Waals surface area contributed by atoms with Crippen LogP contribution >= 0.6 is 11.6 Å². The van der Waals surface area contributed by atoms with Crippen molar-refractivity contribution in [2.75, 3.05) is 0 Å². The summed E-state index contributed by atoms with van der Waals surface area (Å²) in [4.78, 5) is 12.9. The van der Waals surface area contributed by atoms with Crippen molar-refractivity contribution in [3.05, 3.63) is 60.3 Å². The van der Waals surface area contributed by atoms with Gasteiger partial charge in [0.25, 0.3) is 0 Å². The minimum absolute atomic E-state index is 0.159. The van der Waals surface area contributed by atoms with Gasteiger partial charge in [-0.2, -0.15) is 4.98 Å². The summed E-state index contributed by atoms with van der Waals surface area (Å²) < 4.78 is 7.27. The average molecular weight is 297 g/mol. The Labute approximate surface area is 124 Å². The Morgan fingerprint density at radius 2 is 1.86 bits per heavy atom. The fourth-order valence-electron chi connectivity index (χ4n) is 2.24. The van der Waals surface area contributed by atoms with Crippen LogP contribution in [-0.2, 0) is 0 Å². The maximum atomic E-state index is 6.05. The zero-order chi connectivity index (χ0) is 14.2. The van der Waals surface area contributed by atoms with Gasteiger partial charge in [0.15, 0.2) is 11.4 Å². The Hall–Kier alpha value is -2.66. The fourth-order valence-corrected chi connectivity index (χ4v) is 2.40. The van der Waals surface area contributed by atoms with E-state index in [4.69, 9.17) is 16.0 Å². The minimum atomic E-state index is 0.159. The zero-order valence-electron chi connectivity index (χ0n) is 10.8. The standard InChI is InChI=1S/C15H9ClN4O/c16-15-18-12(11-7-4-8-21-11)13-14(19-15)20(9-17-13)10-5-2-1-3-6-10/h1-9H. The molecule has 0 aliphatic carbocycles. The molecule has 0 saturated carbocycles. The molecule has 0 aliphatic rings. The molecule has 102 valence electrons. The van der Waals surface area contributed by atoms with Crippen LogP contribution in [0.3, 0.4) is 0 Å². The Balaban J connectivity index is 2.01. The lowest BCUT2D eigenvalue weighted by molar-refractivity contribution is 0.580. The van der Waals surface area contributed by atoms with E-state index < -0.39 is 0 Å². The summed E-state index contributed by atoms with van der Waals surface area (Å²) in [6.07, 6.45) is 3.29. The Bertz CT molecular complexity index is 900. The molecular formula is C15H9ClN4O. The maximum absolute atomic E-state index is 6.05. The molecule has 0 radical (unpaired) electrons. The van der Waals surface area contributed by atoms with Crippen LogP contribution < -0.4 is 0 Å². The molecule has 0 N–H and O–H groups in total. The van der Waals surface area contributed by atoms with Crippen LogP contribution in [0.15, 0.2) is 59.5 Å². The third-order valence-corrected chi connectivity index (χ3v) is 3.33. The number of benzene rings is 1. The monoisotopic (exact) mass is 296 g/mol. The highest BCUT2D eigenvalue weighted by atomic mass is 35.5. The van der Waals surface area contributed by atoms with Crippen molar-refractivity contribution in [1.82, 2.24) is 19.5 Å². The first-order valence-electron chi connectivity index (χ1n) is 6.33. The van der Waals surface area contributed by atoms with Gasteiger partial charge in [0, 0.05) is 5.69 Å². The number of hydrogen-bond donors (Lipinski definition) is 0. The lowest BCUT2D eigenvalue weighted by atomic mass is 10.3. The Morgan fingerprint density at radius 1 is 1.00 bits per heavy atom. The van der Waals surface area contributed by atoms with E-state index >= 15 is 0 Å². The lowest BCUT2D eigenvalue weighted by Crippen LogP contribution is -1.96. The van der Waals surface area contributed by atoms with E-state index in [9.17, 15) is 0 Å². The van der Waals surface area contributed by atoms with Crippen LogP contribution in [0.1, 0.15) is 0 Å². The topological polar surface area (TPSA) is 56.7 Å². The second kappa shape index (κ2) is 4.71. The summed E-state index contributed by atoms with van der Waals surface area (Å²) in [5, 5.41) is 0.159. The molecule has 6 heteroatoms. The Kier molecular flexibility index (Phi) is 2.72. The molecule has 5 nitrogen and oxygen atoms in total. The van der Waals surface area contributed by atoms with Crippen molar-refractivity contribution < 1.29 is 4.42 Å². The average Bonchev–Trinajstić information content (AvgIpc) is 3.17. The van der Waals surface area contributed by atoms with Crippen molar-refractivity contribution in [3.8, 4) is 17.1 Å². The van der Waals surface area contributed by atoms with Gasteiger partial charge in [0.1, 0.15) is 17.5 Å². The first-order valence-corrected chi connectivity index (χ1v) is 6.70. The first kappa shape index (κ1) is 12.1. The molecule has 21 heavy (non-hydrogen) atoms. The van der Waals surface area contributed by atoms with Gasteiger partial charge in [0.2, 0.25) is 5.28 Å². The quantitative estimate of drug-likeness (QED) is 0.529. The molecule has 0 spiro atoms. The number of fused-ring (bicyclic) bond motifs is 1. The second-order valence-electron chi connectivity index (χ2n) is 4.44. The smallest absolute Gasteiger partial charge is 0.225 e. The molecule has 0 atom stereocenters. The normalized spacial score (nSPS) is 11.1. The summed E-state index contributed by atoms with van der Waals surface area (Å²) in [7, 11) is 0. The SMILES string of the molecule is Clc1nc(-c2ccco2)c2ncn(-c3ccccc3)c2n1. The third kappa shape index (κ3) is 1.98. The molecule has 0 amide bonds. The second-order valence-corrected chi connectivity index (χ2v) is 4.78. The van der Waals surface area contributed by atoms with Gasteiger partial charge in [-0.15, -0.1) is 0 Å². The summed E-state index contributed by atoms with van der Waals surface area (Å²) >= 11 is 6.05. The molecule has 0 bridgehead atoms. The van der Waals surface area contributed by atoms with Crippen molar-refractivity contribution in [1.29, 1.82) is 0 Å². The summed E-state index contributed by atoms with van der Waals surface area (Å²) in [6, 6.07) is 13.4. The number of para-hydroxylation sites is 1. The molecule has 1 aromatic carbocycles. The van der Waals surface area contributed by atoms with Gasteiger partial charge >= 0.3 is 0 Å². The van der Waals surface area contributed by atoms with Gasteiger partial charge in [-0.25, -0.2) is 9.97 Å². The minimum Gasteiger partial charge on any atom is -0.463 e. The molecule has 3 heterocycles. The van der Waals surface area contributed by atoms with E-state index in [0.29, 0.717) is 22.6 Å². The van der Waals surface area contributed by atoms with E-state index in [1.54, 1.807) is 18.7 Å². The van der Waals surface area contributed by atoms with Gasteiger partial charge in [-0.3, -0.25) is 4.57 Å². The molecule has 3 aromatic heterocycles. The fraction of sp³-hybridized carbons (Fsp3) is 0. The predicted octanol–water partition coefficient (Wildman–Crippen LogP) is 3.73. The number of hydrogen-bond acceptors (Lipinski definition) is 4. The number of rotatable bonds is 2. The summed E-state index contributed by atoms with van der Waals surface area (Å²) in [5.74, 6) is 0.614. The number of aromatic nitrogens is 4. The number of imidazole rings is 1. The molecule has 0 fully saturated rings. The van der Waals surface area contributed by atoms with Gasteiger partial charge in [-0.05, 0) is 35.9 Å². The van der Waals surface area contributed by atoms with E-state index in [1.807, 2.05) is 41.0 Å². The number of nitrogens with zero attached hydrogens (tertiary/aromatic N) is 4. The van der Waals surface area contributed by atoms with E-state index in [1.165, 1.54) is 0 Å². The summed E-state index contributed by atoms with van der Waals surface area (Å²) in [6.45, 7) is 0. The van der Waals surface area contributed by atoms with Crippen molar-refractivity contribution >= 4 is 22.8 Å².